The Morgan fingerprint density at radius 1 is 1.06 bits per heavy atom. The van der Waals surface area contributed by atoms with Gasteiger partial charge in [-0.1, -0.05) is 6.07 Å². The van der Waals surface area contributed by atoms with Gasteiger partial charge >= 0.3 is 6.09 Å². The predicted octanol–water partition coefficient (Wildman–Crippen LogP) is 3.33. The summed E-state index contributed by atoms with van der Waals surface area (Å²) in [5.74, 6) is 0.818. The van der Waals surface area contributed by atoms with E-state index < -0.39 is 6.09 Å². The highest BCUT2D eigenvalue weighted by molar-refractivity contribution is 6.07. The van der Waals surface area contributed by atoms with Gasteiger partial charge in [-0.2, -0.15) is 0 Å². The van der Waals surface area contributed by atoms with Gasteiger partial charge in [0, 0.05) is 43.5 Å². The summed E-state index contributed by atoms with van der Waals surface area (Å²) in [4.78, 5) is 33.5. The van der Waals surface area contributed by atoms with E-state index in [1.54, 1.807) is 30.3 Å². The monoisotopic (exact) mass is 433 g/mol. The zero-order valence-corrected chi connectivity index (χ0v) is 17.6. The number of aromatic nitrogens is 2. The fourth-order valence-electron chi connectivity index (χ4n) is 3.21. The van der Waals surface area contributed by atoms with Crippen LogP contribution < -0.4 is 15.0 Å². The lowest BCUT2D eigenvalue weighted by Crippen LogP contribution is -2.44. The van der Waals surface area contributed by atoms with E-state index >= 15 is 0 Å². The fraction of sp³-hybridized carbons (Fsp3) is 0.217. The molecule has 9 heteroatoms. The molecule has 0 aliphatic carbocycles. The Morgan fingerprint density at radius 2 is 1.84 bits per heavy atom. The summed E-state index contributed by atoms with van der Waals surface area (Å²) in [5.41, 5.74) is 1.70. The van der Waals surface area contributed by atoms with E-state index in [1.807, 2.05) is 18.2 Å². The van der Waals surface area contributed by atoms with Gasteiger partial charge in [-0.25, -0.2) is 9.78 Å². The lowest BCUT2D eigenvalue weighted by atomic mass is 10.1. The Morgan fingerprint density at radius 3 is 2.56 bits per heavy atom. The molecule has 1 saturated heterocycles. The zero-order valence-electron chi connectivity index (χ0n) is 17.6. The molecule has 3 aromatic rings. The van der Waals surface area contributed by atoms with Crippen LogP contribution in [0.3, 0.4) is 0 Å². The SMILES string of the molecule is CN1CCN(c2cccc(/C=C/C(=O)c3ccc(NC(=O)Oc4ccon4)cc3)n2)CC1. The number of hydrogen-bond acceptors (Lipinski definition) is 8. The van der Waals surface area contributed by atoms with Gasteiger partial charge in [0.1, 0.15) is 12.1 Å². The summed E-state index contributed by atoms with van der Waals surface area (Å²) in [7, 11) is 2.11. The van der Waals surface area contributed by atoms with E-state index in [0.717, 1.165) is 37.7 Å². The summed E-state index contributed by atoms with van der Waals surface area (Å²) < 4.78 is 9.53. The molecule has 0 unspecified atom stereocenters. The Labute approximate surface area is 185 Å². The van der Waals surface area contributed by atoms with Gasteiger partial charge < -0.3 is 19.1 Å². The lowest BCUT2D eigenvalue weighted by Gasteiger charge is -2.33. The molecule has 0 saturated carbocycles. The van der Waals surface area contributed by atoms with Crippen molar-refractivity contribution in [1.29, 1.82) is 0 Å². The van der Waals surface area contributed by atoms with Crippen LogP contribution in [0.2, 0.25) is 0 Å². The molecule has 1 aliphatic heterocycles. The molecule has 1 aromatic carbocycles. The summed E-state index contributed by atoms with van der Waals surface area (Å²) in [6.45, 7) is 3.87. The molecular formula is C23H23N5O4. The molecule has 1 aliphatic rings. The smallest absolute Gasteiger partial charge is 0.388 e. The minimum Gasteiger partial charge on any atom is -0.388 e. The van der Waals surface area contributed by atoms with Crippen LogP contribution in [-0.4, -0.2) is 60.1 Å². The van der Waals surface area contributed by atoms with Gasteiger partial charge in [0.05, 0.1) is 5.69 Å². The number of pyridine rings is 1. The summed E-state index contributed by atoms with van der Waals surface area (Å²) in [5, 5.41) is 6.05. The molecular weight excluding hydrogens is 410 g/mol. The third kappa shape index (κ3) is 5.58. The largest absolute Gasteiger partial charge is 0.418 e. The third-order valence-electron chi connectivity index (χ3n) is 5.02. The maximum absolute atomic E-state index is 12.5. The van der Waals surface area contributed by atoms with Gasteiger partial charge in [0.25, 0.3) is 5.88 Å². The number of anilines is 2. The maximum atomic E-state index is 12.5. The predicted molar refractivity (Wildman–Crippen MR) is 120 cm³/mol. The topological polar surface area (TPSA) is 101 Å². The Kier molecular flexibility index (Phi) is 6.57. The van der Waals surface area contributed by atoms with Gasteiger partial charge in [0.15, 0.2) is 5.78 Å². The molecule has 4 rings (SSSR count). The zero-order chi connectivity index (χ0) is 22.3. The number of piperazine rings is 1. The second-order valence-corrected chi connectivity index (χ2v) is 7.34. The van der Waals surface area contributed by atoms with E-state index in [9.17, 15) is 9.59 Å². The average Bonchev–Trinajstić information content (AvgIpc) is 3.31. The van der Waals surface area contributed by atoms with Crippen molar-refractivity contribution in [2.24, 2.45) is 0 Å². The van der Waals surface area contributed by atoms with Gasteiger partial charge in [-0.3, -0.25) is 10.1 Å². The lowest BCUT2D eigenvalue weighted by molar-refractivity contribution is 0.104. The van der Waals surface area contributed by atoms with Crippen molar-refractivity contribution in [2.75, 3.05) is 43.4 Å². The highest BCUT2D eigenvalue weighted by atomic mass is 16.6. The Balaban J connectivity index is 1.34. The van der Waals surface area contributed by atoms with Crippen LogP contribution in [0.5, 0.6) is 5.88 Å². The third-order valence-corrected chi connectivity index (χ3v) is 5.02. The first-order valence-electron chi connectivity index (χ1n) is 10.2. The Bertz CT molecular complexity index is 1090. The molecule has 0 bridgehead atoms. The number of nitrogens with zero attached hydrogens (tertiary/aromatic N) is 4. The molecule has 1 fully saturated rings. The fourth-order valence-corrected chi connectivity index (χ4v) is 3.21. The van der Waals surface area contributed by atoms with Crippen molar-refractivity contribution >= 4 is 29.5 Å². The highest BCUT2D eigenvalue weighted by Gasteiger charge is 2.15. The average molecular weight is 433 g/mol. The first kappa shape index (κ1) is 21.3. The van der Waals surface area contributed by atoms with Crippen molar-refractivity contribution in [2.45, 2.75) is 0 Å². The number of ether oxygens (including phenoxy) is 1. The first-order chi connectivity index (χ1) is 15.6. The van der Waals surface area contributed by atoms with Crippen LogP contribution in [-0.2, 0) is 0 Å². The van der Waals surface area contributed by atoms with E-state index in [1.165, 1.54) is 18.4 Å². The molecule has 0 radical (unpaired) electrons. The number of allylic oxidation sites excluding steroid dienone is 1. The van der Waals surface area contributed by atoms with Crippen molar-refractivity contribution in [1.82, 2.24) is 15.0 Å². The number of nitrogens with one attached hydrogen (secondary N) is 1. The summed E-state index contributed by atoms with van der Waals surface area (Å²) in [6, 6.07) is 13.7. The van der Waals surface area contributed by atoms with Crippen LogP contribution in [0, 0.1) is 0 Å². The minimum absolute atomic E-state index is 0.0599. The second kappa shape index (κ2) is 9.88. The highest BCUT2D eigenvalue weighted by Crippen LogP contribution is 2.16. The number of amides is 1. The van der Waals surface area contributed by atoms with Gasteiger partial charge in [-0.05, 0) is 60.8 Å². The molecule has 32 heavy (non-hydrogen) atoms. The van der Waals surface area contributed by atoms with Crippen molar-refractivity contribution in [3.8, 4) is 5.88 Å². The number of carbonyl (C=O) groups excluding carboxylic acids is 2. The maximum Gasteiger partial charge on any atom is 0.418 e. The molecule has 1 N–H and O–H groups in total. The van der Waals surface area contributed by atoms with Crippen LogP contribution in [0.25, 0.3) is 6.08 Å². The number of benzene rings is 1. The molecule has 9 nitrogen and oxygen atoms in total. The Hall–Kier alpha value is -3.98. The van der Waals surface area contributed by atoms with Crippen molar-refractivity contribution in [3.05, 3.63) is 72.1 Å². The number of rotatable bonds is 6. The second-order valence-electron chi connectivity index (χ2n) is 7.34. The van der Waals surface area contributed by atoms with Crippen LogP contribution in [0.15, 0.2) is 65.4 Å². The summed E-state index contributed by atoms with van der Waals surface area (Å²) in [6.07, 6.45) is 3.80. The number of likely N-dealkylation sites (N-methyl/N-ethyl adjacent to an activating group) is 1. The van der Waals surface area contributed by atoms with Crippen LogP contribution >= 0.6 is 0 Å². The van der Waals surface area contributed by atoms with E-state index in [4.69, 9.17) is 4.74 Å². The first-order valence-corrected chi connectivity index (χ1v) is 10.2. The molecule has 164 valence electrons. The molecule has 1 amide bonds. The van der Waals surface area contributed by atoms with Gasteiger partial charge in [0.2, 0.25) is 0 Å². The van der Waals surface area contributed by atoms with Crippen LogP contribution in [0.4, 0.5) is 16.3 Å². The molecule has 0 spiro atoms. The number of hydrogen-bond donors (Lipinski definition) is 1. The quantitative estimate of drug-likeness (QED) is 0.467. The van der Waals surface area contributed by atoms with E-state index in [0.29, 0.717) is 11.3 Å². The van der Waals surface area contributed by atoms with Gasteiger partial charge in [-0.15, -0.1) is 0 Å². The molecule has 0 atom stereocenters. The summed E-state index contributed by atoms with van der Waals surface area (Å²) >= 11 is 0. The minimum atomic E-state index is -0.704. The van der Waals surface area contributed by atoms with Crippen molar-refractivity contribution in [3.63, 3.8) is 0 Å². The number of carbonyl (C=O) groups is 2. The number of ketones is 1. The standard InChI is InChI=1S/C23H23N5O4/c1-27-12-14-28(15-13-27)21-4-2-3-18(24-21)9-10-20(29)17-5-7-19(8-6-17)25-23(30)32-22-11-16-31-26-22/h2-11,16H,12-15H2,1H3,(H,25,30)/b10-9+. The molecule has 3 heterocycles. The van der Waals surface area contributed by atoms with E-state index in [2.05, 4.69) is 36.8 Å². The van der Waals surface area contributed by atoms with Crippen LogP contribution in [0.1, 0.15) is 16.1 Å². The van der Waals surface area contributed by atoms with E-state index in [-0.39, 0.29) is 11.7 Å². The normalized spacial score (nSPS) is 14.5. The molecule has 2 aromatic heterocycles. The van der Waals surface area contributed by atoms with Crippen molar-refractivity contribution < 1.29 is 18.8 Å².